The van der Waals surface area contributed by atoms with Crippen molar-refractivity contribution in [1.29, 1.82) is 0 Å². The summed E-state index contributed by atoms with van der Waals surface area (Å²) >= 11 is 0. The number of nitrogens with zero attached hydrogens (tertiary/aromatic N) is 2. The summed E-state index contributed by atoms with van der Waals surface area (Å²) in [5.41, 5.74) is 0.0721. The van der Waals surface area contributed by atoms with E-state index in [9.17, 15) is 10.1 Å². The van der Waals surface area contributed by atoms with Gasteiger partial charge in [0, 0.05) is 12.6 Å². The second kappa shape index (κ2) is 8.70. The third kappa shape index (κ3) is 5.27. The first-order chi connectivity index (χ1) is 10.7. The fraction of sp³-hybridized carbons (Fsp3) is 0.625. The molecule has 0 saturated carbocycles. The van der Waals surface area contributed by atoms with Gasteiger partial charge in [-0.25, -0.2) is 0 Å². The van der Waals surface area contributed by atoms with Gasteiger partial charge in [0.25, 0.3) is 5.69 Å². The molecule has 1 N–H and O–H groups in total. The Morgan fingerprint density at radius 1 is 1.41 bits per heavy atom. The first kappa shape index (κ1) is 16.7. The van der Waals surface area contributed by atoms with Crippen LogP contribution in [0.1, 0.15) is 19.3 Å². The monoisotopic (exact) mass is 307 g/mol. The highest BCUT2D eigenvalue weighted by molar-refractivity contribution is 5.37. The molecule has 0 radical (unpaired) electrons. The van der Waals surface area contributed by atoms with Gasteiger partial charge in [0.15, 0.2) is 0 Å². The highest BCUT2D eigenvalue weighted by atomic mass is 16.6. The molecule has 0 aromatic heterocycles. The zero-order valence-electron chi connectivity index (χ0n) is 13.2. The van der Waals surface area contributed by atoms with E-state index >= 15 is 0 Å². The van der Waals surface area contributed by atoms with E-state index in [1.54, 1.807) is 12.1 Å². The van der Waals surface area contributed by atoms with Crippen molar-refractivity contribution in [2.75, 3.05) is 39.8 Å². The van der Waals surface area contributed by atoms with Gasteiger partial charge in [-0.3, -0.25) is 15.0 Å². The number of non-ortho nitro benzene ring substituents is 1. The minimum absolute atomic E-state index is 0.0721. The van der Waals surface area contributed by atoms with Crippen LogP contribution in [0.3, 0.4) is 0 Å². The Hall–Kier alpha value is -1.66. The average Bonchev–Trinajstić information content (AvgIpc) is 2.54. The first-order valence-corrected chi connectivity index (χ1v) is 7.93. The number of benzene rings is 1. The minimum Gasteiger partial charge on any atom is -0.492 e. The molecule has 6 heteroatoms. The predicted molar refractivity (Wildman–Crippen MR) is 86.3 cm³/mol. The Morgan fingerprint density at radius 2 is 2.18 bits per heavy atom. The van der Waals surface area contributed by atoms with Gasteiger partial charge in [-0.05, 0) is 57.9 Å². The van der Waals surface area contributed by atoms with E-state index in [0.717, 1.165) is 32.1 Å². The van der Waals surface area contributed by atoms with Gasteiger partial charge in [0.1, 0.15) is 12.4 Å². The molecule has 1 saturated heterocycles. The number of hydrogen-bond acceptors (Lipinski definition) is 5. The SMILES string of the molecule is CNCCC1CCN(CCOc2cccc([N+](=O)[O-])c2)CC1. The highest BCUT2D eigenvalue weighted by Gasteiger charge is 2.18. The van der Waals surface area contributed by atoms with Gasteiger partial charge in [0.05, 0.1) is 11.0 Å². The van der Waals surface area contributed by atoms with Crippen LogP contribution >= 0.6 is 0 Å². The van der Waals surface area contributed by atoms with Gasteiger partial charge < -0.3 is 10.1 Å². The highest BCUT2D eigenvalue weighted by Crippen LogP contribution is 2.21. The van der Waals surface area contributed by atoms with E-state index in [-0.39, 0.29) is 5.69 Å². The Balaban J connectivity index is 1.67. The topological polar surface area (TPSA) is 67.6 Å². The molecule has 0 unspecified atom stereocenters. The van der Waals surface area contributed by atoms with E-state index in [0.29, 0.717) is 12.4 Å². The van der Waals surface area contributed by atoms with Crippen molar-refractivity contribution in [3.05, 3.63) is 34.4 Å². The van der Waals surface area contributed by atoms with E-state index in [4.69, 9.17) is 4.74 Å². The molecular formula is C16H25N3O3. The molecule has 6 nitrogen and oxygen atoms in total. The van der Waals surface area contributed by atoms with Crippen molar-refractivity contribution in [1.82, 2.24) is 10.2 Å². The third-order valence-corrected chi connectivity index (χ3v) is 4.21. The van der Waals surface area contributed by atoms with Crippen molar-refractivity contribution < 1.29 is 9.66 Å². The summed E-state index contributed by atoms with van der Waals surface area (Å²) in [6.07, 6.45) is 3.76. The van der Waals surface area contributed by atoms with Gasteiger partial charge >= 0.3 is 0 Å². The summed E-state index contributed by atoms with van der Waals surface area (Å²) in [5, 5.41) is 13.9. The normalized spacial score (nSPS) is 16.6. The number of likely N-dealkylation sites (tertiary alicyclic amines) is 1. The van der Waals surface area contributed by atoms with E-state index in [2.05, 4.69) is 10.2 Å². The molecule has 2 rings (SSSR count). The number of nitrogens with one attached hydrogen (secondary N) is 1. The molecule has 0 bridgehead atoms. The van der Waals surface area contributed by atoms with Gasteiger partial charge in [0.2, 0.25) is 0 Å². The number of nitro benzene ring substituents is 1. The first-order valence-electron chi connectivity index (χ1n) is 7.93. The second-order valence-electron chi connectivity index (χ2n) is 5.78. The number of piperidine rings is 1. The summed E-state index contributed by atoms with van der Waals surface area (Å²) in [4.78, 5) is 12.7. The van der Waals surface area contributed by atoms with Crippen LogP contribution in [0.25, 0.3) is 0 Å². The van der Waals surface area contributed by atoms with Crippen LogP contribution in [-0.2, 0) is 0 Å². The molecule has 0 aliphatic carbocycles. The molecule has 1 aliphatic rings. The molecule has 0 atom stereocenters. The fourth-order valence-corrected chi connectivity index (χ4v) is 2.83. The molecule has 0 spiro atoms. The van der Waals surface area contributed by atoms with Crippen molar-refractivity contribution in [2.24, 2.45) is 5.92 Å². The van der Waals surface area contributed by atoms with Gasteiger partial charge in [-0.2, -0.15) is 0 Å². The number of nitro groups is 1. The van der Waals surface area contributed by atoms with Crippen molar-refractivity contribution in [3.63, 3.8) is 0 Å². The van der Waals surface area contributed by atoms with Crippen molar-refractivity contribution in [3.8, 4) is 5.75 Å². The van der Waals surface area contributed by atoms with Crippen LogP contribution in [-0.4, -0.2) is 49.7 Å². The Morgan fingerprint density at radius 3 is 2.86 bits per heavy atom. The fourth-order valence-electron chi connectivity index (χ4n) is 2.83. The second-order valence-corrected chi connectivity index (χ2v) is 5.78. The summed E-state index contributed by atoms with van der Waals surface area (Å²) < 4.78 is 5.64. The number of hydrogen-bond donors (Lipinski definition) is 1. The van der Waals surface area contributed by atoms with Crippen LogP contribution in [0.2, 0.25) is 0 Å². The maximum Gasteiger partial charge on any atom is 0.273 e. The predicted octanol–water partition coefficient (Wildman–Crippen LogP) is 2.30. The van der Waals surface area contributed by atoms with Crippen LogP contribution in [0.15, 0.2) is 24.3 Å². The maximum atomic E-state index is 10.7. The lowest BCUT2D eigenvalue weighted by Gasteiger charge is -2.31. The lowest BCUT2D eigenvalue weighted by molar-refractivity contribution is -0.384. The lowest BCUT2D eigenvalue weighted by Crippen LogP contribution is -2.37. The standard InChI is InChI=1S/C16H25N3O3/c1-17-8-5-14-6-9-18(10-7-14)11-12-22-16-4-2-3-15(13-16)19(20)21/h2-4,13-14,17H,5-12H2,1H3. The van der Waals surface area contributed by atoms with Crippen LogP contribution in [0.5, 0.6) is 5.75 Å². The maximum absolute atomic E-state index is 10.7. The number of rotatable bonds is 8. The average molecular weight is 307 g/mol. The van der Waals surface area contributed by atoms with Gasteiger partial charge in [-0.1, -0.05) is 6.07 Å². The third-order valence-electron chi connectivity index (χ3n) is 4.21. The quantitative estimate of drug-likeness (QED) is 0.589. The molecule has 1 aliphatic heterocycles. The van der Waals surface area contributed by atoms with Gasteiger partial charge in [-0.15, -0.1) is 0 Å². The van der Waals surface area contributed by atoms with Crippen LogP contribution in [0, 0.1) is 16.0 Å². The molecule has 1 heterocycles. The Labute approximate surface area is 131 Å². The largest absolute Gasteiger partial charge is 0.492 e. The van der Waals surface area contributed by atoms with Crippen molar-refractivity contribution in [2.45, 2.75) is 19.3 Å². The summed E-state index contributed by atoms with van der Waals surface area (Å²) in [7, 11) is 2.00. The lowest BCUT2D eigenvalue weighted by atomic mass is 9.93. The summed E-state index contributed by atoms with van der Waals surface area (Å²) in [6.45, 7) is 4.78. The van der Waals surface area contributed by atoms with E-state index < -0.39 is 4.92 Å². The minimum atomic E-state index is -0.400. The molecule has 122 valence electrons. The number of ether oxygens (including phenoxy) is 1. The zero-order chi connectivity index (χ0) is 15.8. The van der Waals surface area contributed by atoms with Crippen molar-refractivity contribution >= 4 is 5.69 Å². The molecule has 0 amide bonds. The van der Waals surface area contributed by atoms with Crippen LogP contribution < -0.4 is 10.1 Å². The van der Waals surface area contributed by atoms with E-state index in [1.165, 1.54) is 31.4 Å². The molecule has 1 aromatic carbocycles. The molecular weight excluding hydrogens is 282 g/mol. The Kier molecular flexibility index (Phi) is 6.61. The van der Waals surface area contributed by atoms with E-state index in [1.807, 2.05) is 7.05 Å². The smallest absolute Gasteiger partial charge is 0.273 e. The molecule has 1 aromatic rings. The summed E-state index contributed by atoms with van der Waals surface area (Å²) in [5.74, 6) is 1.40. The molecule has 22 heavy (non-hydrogen) atoms. The zero-order valence-corrected chi connectivity index (χ0v) is 13.2. The Bertz CT molecular complexity index is 473. The van der Waals surface area contributed by atoms with Crippen LogP contribution in [0.4, 0.5) is 5.69 Å². The molecule has 1 fully saturated rings. The summed E-state index contributed by atoms with van der Waals surface area (Å²) in [6, 6.07) is 6.37.